The highest BCUT2D eigenvalue weighted by Crippen LogP contribution is 2.29. The summed E-state index contributed by atoms with van der Waals surface area (Å²) in [6, 6.07) is 3.23. The number of nitrogens with one attached hydrogen (secondary N) is 3. The molecule has 0 atom stereocenters. The first kappa shape index (κ1) is 20.9. The SMILES string of the molecule is CNS(=O)(=O)c1cc(C(=O)NC2CC(C)(C)NC(C)(C)C2)cc(C)c1C. The van der Waals surface area contributed by atoms with Gasteiger partial charge >= 0.3 is 0 Å². The van der Waals surface area contributed by atoms with E-state index in [1.807, 2.05) is 6.92 Å². The topological polar surface area (TPSA) is 87.3 Å². The molecule has 1 aromatic carbocycles. The van der Waals surface area contributed by atoms with Crippen molar-refractivity contribution in [1.29, 1.82) is 0 Å². The summed E-state index contributed by atoms with van der Waals surface area (Å²) < 4.78 is 26.8. The number of rotatable bonds is 4. The van der Waals surface area contributed by atoms with Gasteiger partial charge in [-0.2, -0.15) is 0 Å². The Kier molecular flexibility index (Phi) is 5.57. The summed E-state index contributed by atoms with van der Waals surface area (Å²) in [6.07, 6.45) is 1.63. The molecule has 146 valence electrons. The van der Waals surface area contributed by atoms with E-state index in [-0.39, 0.29) is 27.9 Å². The largest absolute Gasteiger partial charge is 0.349 e. The summed E-state index contributed by atoms with van der Waals surface area (Å²) in [6.45, 7) is 12.1. The number of benzene rings is 1. The van der Waals surface area contributed by atoms with E-state index < -0.39 is 10.0 Å². The van der Waals surface area contributed by atoms with E-state index in [0.717, 1.165) is 18.4 Å². The average molecular weight is 382 g/mol. The Morgan fingerprint density at radius 2 is 1.65 bits per heavy atom. The Balaban J connectivity index is 2.31. The third kappa shape index (κ3) is 4.64. The molecule has 1 aliphatic heterocycles. The smallest absolute Gasteiger partial charge is 0.251 e. The third-order valence-corrected chi connectivity index (χ3v) is 6.51. The molecule has 26 heavy (non-hydrogen) atoms. The molecule has 1 heterocycles. The van der Waals surface area contributed by atoms with Crippen molar-refractivity contribution in [3.63, 3.8) is 0 Å². The lowest BCUT2D eigenvalue weighted by atomic mass is 9.79. The van der Waals surface area contributed by atoms with E-state index in [9.17, 15) is 13.2 Å². The number of carbonyl (C=O) groups is 1. The van der Waals surface area contributed by atoms with E-state index in [0.29, 0.717) is 11.1 Å². The molecule has 2 rings (SSSR count). The van der Waals surface area contributed by atoms with Gasteiger partial charge in [-0.1, -0.05) is 0 Å². The zero-order chi connectivity index (χ0) is 19.9. The van der Waals surface area contributed by atoms with Crippen LogP contribution in [-0.2, 0) is 10.0 Å². The summed E-state index contributed by atoms with van der Waals surface area (Å²) in [5.41, 5.74) is 1.64. The van der Waals surface area contributed by atoms with Crippen LogP contribution in [0.4, 0.5) is 0 Å². The maximum absolute atomic E-state index is 12.8. The first-order valence-corrected chi connectivity index (χ1v) is 10.4. The Morgan fingerprint density at radius 1 is 1.12 bits per heavy atom. The van der Waals surface area contributed by atoms with Crippen LogP contribution in [0.1, 0.15) is 62.0 Å². The second-order valence-electron chi connectivity index (χ2n) is 8.60. The van der Waals surface area contributed by atoms with Crippen molar-refractivity contribution < 1.29 is 13.2 Å². The van der Waals surface area contributed by atoms with Crippen LogP contribution < -0.4 is 15.4 Å². The Hall–Kier alpha value is -1.44. The van der Waals surface area contributed by atoms with E-state index in [1.54, 1.807) is 13.0 Å². The minimum atomic E-state index is -3.62. The molecule has 3 N–H and O–H groups in total. The first-order valence-electron chi connectivity index (χ1n) is 8.91. The number of hydrogen-bond acceptors (Lipinski definition) is 4. The fourth-order valence-electron chi connectivity index (χ4n) is 4.04. The van der Waals surface area contributed by atoms with Crippen molar-refractivity contribution in [2.24, 2.45) is 0 Å². The maximum Gasteiger partial charge on any atom is 0.251 e. The van der Waals surface area contributed by atoms with Crippen LogP contribution in [0.2, 0.25) is 0 Å². The fraction of sp³-hybridized carbons (Fsp3) is 0.632. The van der Waals surface area contributed by atoms with Crippen LogP contribution in [0.25, 0.3) is 0 Å². The molecule has 0 unspecified atom stereocenters. The lowest BCUT2D eigenvalue weighted by Gasteiger charge is -2.46. The van der Waals surface area contributed by atoms with Crippen molar-refractivity contribution in [3.8, 4) is 0 Å². The number of carbonyl (C=O) groups excluding carboxylic acids is 1. The van der Waals surface area contributed by atoms with Gasteiger partial charge in [0.2, 0.25) is 10.0 Å². The van der Waals surface area contributed by atoms with Gasteiger partial charge in [-0.3, -0.25) is 4.79 Å². The molecule has 0 spiro atoms. The summed E-state index contributed by atoms with van der Waals surface area (Å²) in [7, 11) is -2.25. The van der Waals surface area contributed by atoms with Crippen LogP contribution in [0.15, 0.2) is 17.0 Å². The Bertz CT molecular complexity index is 798. The molecule has 0 radical (unpaired) electrons. The minimum absolute atomic E-state index is 0.0275. The minimum Gasteiger partial charge on any atom is -0.349 e. The van der Waals surface area contributed by atoms with E-state index in [1.165, 1.54) is 13.1 Å². The zero-order valence-corrected chi connectivity index (χ0v) is 17.6. The van der Waals surface area contributed by atoms with Crippen LogP contribution >= 0.6 is 0 Å². The Labute approximate surface area is 157 Å². The summed E-state index contributed by atoms with van der Waals surface area (Å²) >= 11 is 0. The van der Waals surface area contributed by atoms with Gasteiger partial charge in [0, 0.05) is 22.7 Å². The molecule has 1 saturated heterocycles. The predicted molar refractivity (Wildman–Crippen MR) is 104 cm³/mol. The van der Waals surface area contributed by atoms with E-state index >= 15 is 0 Å². The molecule has 1 fully saturated rings. The van der Waals surface area contributed by atoms with Gasteiger partial charge < -0.3 is 10.6 Å². The van der Waals surface area contributed by atoms with Gasteiger partial charge in [0.15, 0.2) is 0 Å². The average Bonchev–Trinajstić information content (AvgIpc) is 2.46. The number of aryl methyl sites for hydroxylation is 1. The normalized spacial score (nSPS) is 20.0. The molecule has 0 aliphatic carbocycles. The second-order valence-corrected chi connectivity index (χ2v) is 10.5. The van der Waals surface area contributed by atoms with Gasteiger partial charge in [-0.15, -0.1) is 0 Å². The second kappa shape index (κ2) is 6.94. The van der Waals surface area contributed by atoms with Gasteiger partial charge in [0.1, 0.15) is 0 Å². The highest BCUT2D eigenvalue weighted by Gasteiger charge is 2.38. The van der Waals surface area contributed by atoms with E-state index in [4.69, 9.17) is 0 Å². The van der Waals surface area contributed by atoms with E-state index in [2.05, 4.69) is 43.1 Å². The van der Waals surface area contributed by atoms with Crippen LogP contribution in [0.3, 0.4) is 0 Å². The quantitative estimate of drug-likeness (QED) is 0.746. The summed E-state index contributed by atoms with van der Waals surface area (Å²) in [4.78, 5) is 13.0. The van der Waals surface area contributed by atoms with Crippen molar-refractivity contribution >= 4 is 15.9 Å². The summed E-state index contributed by atoms with van der Waals surface area (Å²) in [5, 5.41) is 6.68. The van der Waals surface area contributed by atoms with Crippen LogP contribution in [0.5, 0.6) is 0 Å². The molecular weight excluding hydrogens is 350 g/mol. The maximum atomic E-state index is 12.8. The molecule has 6 nitrogen and oxygen atoms in total. The number of piperidine rings is 1. The van der Waals surface area contributed by atoms with Crippen molar-refractivity contribution in [2.45, 2.75) is 76.4 Å². The molecule has 0 bridgehead atoms. The van der Waals surface area contributed by atoms with Crippen molar-refractivity contribution in [1.82, 2.24) is 15.4 Å². The zero-order valence-electron chi connectivity index (χ0n) is 16.8. The van der Waals surface area contributed by atoms with Crippen LogP contribution in [-0.4, -0.2) is 38.5 Å². The van der Waals surface area contributed by atoms with Gasteiger partial charge in [0.05, 0.1) is 4.90 Å². The number of hydrogen-bond donors (Lipinski definition) is 3. The monoisotopic (exact) mass is 381 g/mol. The number of amides is 1. The molecule has 0 aromatic heterocycles. The highest BCUT2D eigenvalue weighted by molar-refractivity contribution is 7.89. The molecule has 0 saturated carbocycles. The lowest BCUT2D eigenvalue weighted by molar-refractivity contribution is 0.0873. The molecule has 1 aromatic rings. The summed E-state index contributed by atoms with van der Waals surface area (Å²) in [5.74, 6) is -0.237. The van der Waals surface area contributed by atoms with Gasteiger partial charge in [-0.25, -0.2) is 13.1 Å². The third-order valence-electron chi connectivity index (χ3n) is 4.97. The standard InChI is InChI=1S/C19H31N3O3S/c1-12-8-14(9-16(13(12)2)26(24,25)20-7)17(23)21-15-10-18(3,4)22-19(5,6)11-15/h8-9,15,20,22H,10-11H2,1-7H3,(H,21,23). The first-order chi connectivity index (χ1) is 11.8. The molecule has 7 heteroatoms. The van der Waals surface area contributed by atoms with Gasteiger partial charge in [-0.05, 0) is 84.7 Å². The van der Waals surface area contributed by atoms with Crippen LogP contribution in [0, 0.1) is 13.8 Å². The predicted octanol–water partition coefficient (Wildman–Crippen LogP) is 2.25. The van der Waals surface area contributed by atoms with Crippen molar-refractivity contribution in [2.75, 3.05) is 7.05 Å². The Morgan fingerprint density at radius 3 is 2.15 bits per heavy atom. The van der Waals surface area contributed by atoms with Gasteiger partial charge in [0.25, 0.3) is 5.91 Å². The highest BCUT2D eigenvalue weighted by atomic mass is 32.2. The number of sulfonamides is 1. The van der Waals surface area contributed by atoms with Crippen molar-refractivity contribution in [3.05, 3.63) is 28.8 Å². The molecular formula is C19H31N3O3S. The lowest BCUT2D eigenvalue weighted by Crippen LogP contribution is -2.62. The fourth-order valence-corrected chi connectivity index (χ4v) is 5.11. The molecule has 1 amide bonds. The molecule has 1 aliphatic rings.